The number of benzene rings is 1. The molecule has 102 valence electrons. The van der Waals surface area contributed by atoms with Crippen LogP contribution in [0.15, 0.2) is 30.3 Å². The fourth-order valence-electron chi connectivity index (χ4n) is 2.06. The summed E-state index contributed by atoms with van der Waals surface area (Å²) < 4.78 is 5.20. The molecule has 1 aromatic carbocycles. The molecule has 20 heavy (non-hydrogen) atoms. The van der Waals surface area contributed by atoms with Crippen molar-refractivity contribution in [2.75, 3.05) is 12.8 Å². The molecular formula is C15H15N3OS. The van der Waals surface area contributed by atoms with Gasteiger partial charge in [-0.2, -0.15) is 0 Å². The smallest absolute Gasteiger partial charge is 0.172 e. The summed E-state index contributed by atoms with van der Waals surface area (Å²) in [7, 11) is 1.63. The van der Waals surface area contributed by atoms with Gasteiger partial charge in [0.1, 0.15) is 11.6 Å². The molecule has 0 radical (unpaired) electrons. The second-order valence-electron chi connectivity index (χ2n) is 4.44. The van der Waals surface area contributed by atoms with E-state index in [1.165, 1.54) is 4.88 Å². The number of aryl methyl sites for hydroxylation is 1. The molecule has 3 rings (SSSR count). The molecule has 0 aliphatic heterocycles. The molecule has 0 spiro atoms. The number of nitrogen functional groups attached to an aromatic ring is 1. The van der Waals surface area contributed by atoms with Crippen LogP contribution < -0.4 is 10.5 Å². The number of fused-ring (bicyclic) bond motifs is 1. The van der Waals surface area contributed by atoms with Crippen molar-refractivity contribution in [2.45, 2.75) is 13.3 Å². The van der Waals surface area contributed by atoms with Gasteiger partial charge in [0, 0.05) is 10.3 Å². The number of nitrogens with zero attached hydrogens (tertiary/aromatic N) is 2. The van der Waals surface area contributed by atoms with Crippen molar-refractivity contribution < 1.29 is 4.74 Å². The van der Waals surface area contributed by atoms with Gasteiger partial charge in [-0.1, -0.05) is 6.92 Å². The van der Waals surface area contributed by atoms with Gasteiger partial charge in [0.25, 0.3) is 0 Å². The number of hydrogen-bond donors (Lipinski definition) is 1. The minimum atomic E-state index is 0.482. The predicted molar refractivity (Wildman–Crippen MR) is 83.2 cm³/mol. The van der Waals surface area contributed by atoms with E-state index < -0.39 is 0 Å². The van der Waals surface area contributed by atoms with Crippen molar-refractivity contribution in [3.05, 3.63) is 35.2 Å². The molecule has 0 amide bonds. The third-order valence-corrected chi connectivity index (χ3v) is 4.39. The lowest BCUT2D eigenvalue weighted by Crippen LogP contribution is -1.97. The number of rotatable bonds is 3. The van der Waals surface area contributed by atoms with E-state index in [0.717, 1.165) is 28.0 Å². The topological polar surface area (TPSA) is 61.0 Å². The summed E-state index contributed by atoms with van der Waals surface area (Å²) in [5.74, 6) is 1.92. The fraction of sp³-hybridized carbons (Fsp3) is 0.200. The lowest BCUT2D eigenvalue weighted by atomic mass is 10.2. The van der Waals surface area contributed by atoms with E-state index in [-0.39, 0.29) is 0 Å². The third-order valence-electron chi connectivity index (χ3n) is 3.16. The highest BCUT2D eigenvalue weighted by Crippen LogP contribution is 2.30. The molecule has 5 heteroatoms. The van der Waals surface area contributed by atoms with Gasteiger partial charge >= 0.3 is 0 Å². The minimum absolute atomic E-state index is 0.482. The van der Waals surface area contributed by atoms with Gasteiger partial charge in [-0.05, 0) is 36.8 Å². The zero-order valence-electron chi connectivity index (χ0n) is 11.4. The Labute approximate surface area is 121 Å². The highest BCUT2D eigenvalue weighted by atomic mass is 32.1. The van der Waals surface area contributed by atoms with Crippen LogP contribution in [-0.4, -0.2) is 17.1 Å². The lowest BCUT2D eigenvalue weighted by molar-refractivity contribution is 0.415. The Kier molecular flexibility index (Phi) is 3.28. The average molecular weight is 285 g/mol. The number of methoxy groups -OCH3 is 1. The van der Waals surface area contributed by atoms with Crippen LogP contribution in [0.2, 0.25) is 0 Å². The molecule has 0 atom stereocenters. The first kappa shape index (κ1) is 12.9. The van der Waals surface area contributed by atoms with Crippen molar-refractivity contribution >= 4 is 28.1 Å². The lowest BCUT2D eigenvalue weighted by Gasteiger charge is -2.06. The Morgan fingerprint density at radius 2 is 2.05 bits per heavy atom. The number of thiophene rings is 1. The molecule has 0 aliphatic rings. The highest BCUT2D eigenvalue weighted by Gasteiger charge is 2.10. The zero-order valence-corrected chi connectivity index (χ0v) is 12.2. The van der Waals surface area contributed by atoms with Gasteiger partial charge in [0.2, 0.25) is 0 Å². The molecule has 2 heterocycles. The predicted octanol–water partition coefficient (Wildman–Crippen LogP) is 3.51. The molecular weight excluding hydrogens is 270 g/mol. The molecule has 0 unspecified atom stereocenters. The van der Waals surface area contributed by atoms with Crippen LogP contribution in [0.4, 0.5) is 5.82 Å². The van der Waals surface area contributed by atoms with Crippen molar-refractivity contribution in [3.63, 3.8) is 0 Å². The van der Waals surface area contributed by atoms with E-state index in [4.69, 9.17) is 10.5 Å². The van der Waals surface area contributed by atoms with Gasteiger partial charge in [-0.15, -0.1) is 11.3 Å². The van der Waals surface area contributed by atoms with Gasteiger partial charge in [0.15, 0.2) is 5.82 Å². The van der Waals surface area contributed by atoms with Crippen LogP contribution in [0.1, 0.15) is 11.8 Å². The summed E-state index contributed by atoms with van der Waals surface area (Å²) in [6.07, 6.45) is 1.02. The largest absolute Gasteiger partial charge is 0.497 e. The van der Waals surface area contributed by atoms with Gasteiger partial charge in [-0.25, -0.2) is 9.97 Å². The van der Waals surface area contributed by atoms with Crippen molar-refractivity contribution in [1.29, 1.82) is 0 Å². The van der Waals surface area contributed by atoms with Crippen molar-refractivity contribution in [2.24, 2.45) is 0 Å². The van der Waals surface area contributed by atoms with Crippen LogP contribution in [-0.2, 0) is 6.42 Å². The summed E-state index contributed by atoms with van der Waals surface area (Å²) in [6, 6.07) is 9.81. The van der Waals surface area contributed by atoms with E-state index in [1.54, 1.807) is 18.4 Å². The molecule has 2 aromatic heterocycles. The van der Waals surface area contributed by atoms with Gasteiger partial charge < -0.3 is 10.5 Å². The monoisotopic (exact) mass is 285 g/mol. The van der Waals surface area contributed by atoms with Gasteiger partial charge in [-0.3, -0.25) is 0 Å². The van der Waals surface area contributed by atoms with Crippen LogP contribution >= 0.6 is 11.3 Å². The van der Waals surface area contributed by atoms with E-state index in [1.807, 2.05) is 24.3 Å². The Bertz CT molecular complexity index is 767. The van der Waals surface area contributed by atoms with E-state index in [9.17, 15) is 0 Å². The molecule has 2 N–H and O–H groups in total. The van der Waals surface area contributed by atoms with E-state index >= 15 is 0 Å². The highest BCUT2D eigenvalue weighted by molar-refractivity contribution is 7.15. The minimum Gasteiger partial charge on any atom is -0.497 e. The summed E-state index contributed by atoms with van der Waals surface area (Å²) >= 11 is 1.71. The first-order valence-corrected chi connectivity index (χ1v) is 7.23. The van der Waals surface area contributed by atoms with Crippen LogP contribution in [0.5, 0.6) is 5.75 Å². The zero-order chi connectivity index (χ0) is 14.1. The van der Waals surface area contributed by atoms with E-state index in [2.05, 4.69) is 23.0 Å². The maximum absolute atomic E-state index is 6.06. The Morgan fingerprint density at radius 3 is 2.75 bits per heavy atom. The Morgan fingerprint density at radius 1 is 1.20 bits per heavy atom. The maximum atomic E-state index is 6.06. The maximum Gasteiger partial charge on any atom is 0.172 e. The molecule has 0 fully saturated rings. The first-order valence-electron chi connectivity index (χ1n) is 6.41. The molecule has 4 nitrogen and oxygen atoms in total. The summed E-state index contributed by atoms with van der Waals surface area (Å²) in [6.45, 7) is 2.14. The number of ether oxygens (including phenoxy) is 1. The fourth-order valence-corrected chi connectivity index (χ4v) is 2.94. The summed E-state index contributed by atoms with van der Waals surface area (Å²) in [4.78, 5) is 11.4. The first-order chi connectivity index (χ1) is 9.71. The van der Waals surface area contributed by atoms with Crippen LogP contribution in [0, 0.1) is 0 Å². The third kappa shape index (κ3) is 2.20. The number of nitrogens with two attached hydrogens (primary N) is 1. The summed E-state index contributed by atoms with van der Waals surface area (Å²) in [5, 5.41) is 0.820. The standard InChI is InChI=1S/C15H15N3OS/c1-3-10-5-7-13(20-10)15-17-12-6-4-9(19-2)8-11(12)14(16)18-15/h4-8H,3H2,1-2H3,(H2,16,17,18). The molecule has 0 saturated heterocycles. The van der Waals surface area contributed by atoms with Gasteiger partial charge in [0.05, 0.1) is 17.5 Å². The van der Waals surface area contributed by atoms with Crippen LogP contribution in [0.25, 0.3) is 21.6 Å². The second-order valence-corrected chi connectivity index (χ2v) is 5.60. The van der Waals surface area contributed by atoms with Crippen LogP contribution in [0.3, 0.4) is 0 Å². The number of anilines is 1. The molecule has 0 bridgehead atoms. The Balaban J connectivity index is 2.14. The second kappa shape index (κ2) is 5.09. The SMILES string of the molecule is CCc1ccc(-c2nc(N)c3cc(OC)ccc3n2)s1. The average Bonchev–Trinajstić information content (AvgIpc) is 2.96. The van der Waals surface area contributed by atoms with Crippen molar-refractivity contribution in [3.8, 4) is 16.5 Å². The van der Waals surface area contributed by atoms with Crippen molar-refractivity contribution in [1.82, 2.24) is 9.97 Å². The normalized spacial score (nSPS) is 10.9. The molecule has 0 saturated carbocycles. The quantitative estimate of drug-likeness (QED) is 0.800. The summed E-state index contributed by atoms with van der Waals surface area (Å²) in [5.41, 5.74) is 6.89. The molecule has 0 aliphatic carbocycles. The number of aromatic nitrogens is 2. The number of hydrogen-bond acceptors (Lipinski definition) is 5. The molecule has 3 aromatic rings. The Hall–Kier alpha value is -2.14. The van der Waals surface area contributed by atoms with E-state index in [0.29, 0.717) is 11.6 Å².